The van der Waals surface area contributed by atoms with Gasteiger partial charge in [-0.15, -0.1) is 0 Å². The molecule has 32 heavy (non-hydrogen) atoms. The van der Waals surface area contributed by atoms with Gasteiger partial charge in [-0.05, 0) is 43.0 Å². The quantitative estimate of drug-likeness (QED) is 0.501. The maximum absolute atomic E-state index is 13.7. The zero-order chi connectivity index (χ0) is 22.6. The van der Waals surface area contributed by atoms with Gasteiger partial charge in [-0.2, -0.15) is 4.98 Å². The van der Waals surface area contributed by atoms with Crippen LogP contribution in [0.4, 0.5) is 11.6 Å². The lowest BCUT2D eigenvalue weighted by atomic mass is 10.1. The van der Waals surface area contributed by atoms with Gasteiger partial charge in [0.25, 0.3) is 5.56 Å². The van der Waals surface area contributed by atoms with Gasteiger partial charge in [-0.3, -0.25) is 13.9 Å². The molecule has 0 bridgehead atoms. The first-order valence-electron chi connectivity index (χ1n) is 10.9. The van der Waals surface area contributed by atoms with Gasteiger partial charge < -0.3 is 9.47 Å². The predicted octanol–water partition coefficient (Wildman–Crippen LogP) is 3.35. The number of anilines is 2. The highest BCUT2D eigenvalue weighted by Gasteiger charge is 2.29. The van der Waals surface area contributed by atoms with Gasteiger partial charge in [0.1, 0.15) is 0 Å². The zero-order valence-electron chi connectivity index (χ0n) is 18.9. The molecule has 0 saturated heterocycles. The van der Waals surface area contributed by atoms with Crippen LogP contribution in [0.3, 0.4) is 0 Å². The Kier molecular flexibility index (Phi) is 4.77. The molecule has 7 nitrogen and oxygen atoms in total. The highest BCUT2D eigenvalue weighted by Crippen LogP contribution is 2.32. The number of benzene rings is 2. The molecule has 4 aromatic rings. The lowest BCUT2D eigenvalue weighted by molar-refractivity contribution is 0.458. The van der Waals surface area contributed by atoms with Crippen LogP contribution in [0.25, 0.3) is 11.2 Å². The van der Waals surface area contributed by atoms with E-state index in [0.29, 0.717) is 29.6 Å². The fourth-order valence-electron chi connectivity index (χ4n) is 4.61. The van der Waals surface area contributed by atoms with Crippen LogP contribution in [0.15, 0.2) is 58.1 Å². The summed E-state index contributed by atoms with van der Waals surface area (Å²) in [6.07, 6.45) is 0. The summed E-state index contributed by atoms with van der Waals surface area (Å²) in [4.78, 5) is 33.8. The highest BCUT2D eigenvalue weighted by atomic mass is 16.2. The highest BCUT2D eigenvalue weighted by molar-refractivity contribution is 5.77. The normalized spacial score (nSPS) is 15.9. The van der Waals surface area contributed by atoms with Crippen molar-refractivity contribution in [2.45, 2.75) is 33.9 Å². The van der Waals surface area contributed by atoms with Crippen LogP contribution in [0.2, 0.25) is 0 Å². The average Bonchev–Trinajstić information content (AvgIpc) is 3.17. The standard InChI is InChI=1S/C25H27N5O2/c1-16-10-11-18(3)19(12-16)15-30-23(31)21-22(27(4)25(30)32)26-24-28(13-17(2)14-29(21)24)20-8-6-5-7-9-20/h5-12,17H,13-15H2,1-4H3. The van der Waals surface area contributed by atoms with E-state index < -0.39 is 0 Å². The Morgan fingerprint density at radius 2 is 1.78 bits per heavy atom. The third kappa shape index (κ3) is 3.16. The molecule has 5 rings (SSSR count). The Morgan fingerprint density at radius 3 is 2.53 bits per heavy atom. The summed E-state index contributed by atoms with van der Waals surface area (Å²) < 4.78 is 4.82. The van der Waals surface area contributed by atoms with Crippen molar-refractivity contribution >= 4 is 22.8 Å². The predicted molar refractivity (Wildman–Crippen MR) is 127 cm³/mol. The van der Waals surface area contributed by atoms with Gasteiger partial charge in [0.05, 0.1) is 6.54 Å². The molecule has 1 unspecified atom stereocenters. The second-order valence-corrected chi connectivity index (χ2v) is 8.91. The van der Waals surface area contributed by atoms with E-state index in [-0.39, 0.29) is 17.8 Å². The van der Waals surface area contributed by atoms with Crippen LogP contribution in [-0.2, 0) is 20.1 Å². The molecule has 2 aromatic carbocycles. The van der Waals surface area contributed by atoms with Crippen LogP contribution >= 0.6 is 0 Å². The molecule has 0 aliphatic carbocycles. The topological polar surface area (TPSA) is 65.1 Å². The minimum atomic E-state index is -0.349. The maximum atomic E-state index is 13.7. The molecule has 0 fully saturated rings. The number of rotatable bonds is 3. The van der Waals surface area contributed by atoms with Crippen molar-refractivity contribution < 1.29 is 0 Å². The monoisotopic (exact) mass is 429 g/mol. The largest absolute Gasteiger partial charge is 0.332 e. The summed E-state index contributed by atoms with van der Waals surface area (Å²) in [6.45, 7) is 7.92. The molecular formula is C25H27N5O2. The number of para-hydroxylation sites is 1. The summed E-state index contributed by atoms with van der Waals surface area (Å²) >= 11 is 0. The minimum Gasteiger partial charge on any atom is -0.312 e. The molecule has 7 heteroatoms. The van der Waals surface area contributed by atoms with Crippen LogP contribution in [0.1, 0.15) is 23.6 Å². The molecule has 0 amide bonds. The van der Waals surface area contributed by atoms with E-state index in [2.05, 4.69) is 11.8 Å². The van der Waals surface area contributed by atoms with Gasteiger partial charge in [0, 0.05) is 25.8 Å². The second kappa shape index (κ2) is 7.51. The number of nitrogens with zero attached hydrogens (tertiary/aromatic N) is 5. The number of aromatic nitrogens is 4. The van der Waals surface area contributed by atoms with E-state index in [1.54, 1.807) is 7.05 Å². The molecule has 0 radical (unpaired) electrons. The van der Waals surface area contributed by atoms with Gasteiger partial charge >= 0.3 is 5.69 Å². The zero-order valence-corrected chi connectivity index (χ0v) is 18.9. The first kappa shape index (κ1) is 20.3. The van der Waals surface area contributed by atoms with Crippen LogP contribution in [-0.4, -0.2) is 25.2 Å². The summed E-state index contributed by atoms with van der Waals surface area (Å²) in [5.41, 5.74) is 4.44. The number of hydrogen-bond acceptors (Lipinski definition) is 4. The maximum Gasteiger partial charge on any atom is 0.332 e. The van der Waals surface area contributed by atoms with E-state index in [1.807, 2.05) is 66.9 Å². The number of hydrogen-bond donors (Lipinski definition) is 0. The first-order chi connectivity index (χ1) is 15.3. The second-order valence-electron chi connectivity index (χ2n) is 8.91. The van der Waals surface area contributed by atoms with Crippen molar-refractivity contribution in [3.05, 3.63) is 86.1 Å². The van der Waals surface area contributed by atoms with Crippen molar-refractivity contribution in [3.8, 4) is 0 Å². The van der Waals surface area contributed by atoms with Crippen molar-refractivity contribution in [1.29, 1.82) is 0 Å². The molecule has 1 aliphatic heterocycles. The Balaban J connectivity index is 1.74. The van der Waals surface area contributed by atoms with Gasteiger partial charge in [0.15, 0.2) is 11.2 Å². The molecule has 1 atom stereocenters. The average molecular weight is 430 g/mol. The van der Waals surface area contributed by atoms with Crippen LogP contribution in [0, 0.1) is 19.8 Å². The molecule has 0 N–H and O–H groups in total. The van der Waals surface area contributed by atoms with Crippen molar-refractivity contribution in [3.63, 3.8) is 0 Å². The number of aryl methyl sites for hydroxylation is 3. The number of imidazole rings is 1. The molecule has 1 aliphatic rings. The van der Waals surface area contributed by atoms with E-state index >= 15 is 0 Å². The van der Waals surface area contributed by atoms with Crippen LogP contribution < -0.4 is 16.1 Å². The number of fused-ring (bicyclic) bond motifs is 3. The van der Waals surface area contributed by atoms with E-state index in [0.717, 1.165) is 28.9 Å². The Labute approximate surface area is 186 Å². The van der Waals surface area contributed by atoms with Crippen molar-refractivity contribution in [2.24, 2.45) is 13.0 Å². The third-order valence-electron chi connectivity index (χ3n) is 6.34. The SMILES string of the molecule is Cc1ccc(C)c(Cn2c(=O)c3c(nc4n3CC(C)CN4c3ccccc3)n(C)c2=O)c1. The lowest BCUT2D eigenvalue weighted by Crippen LogP contribution is -2.40. The van der Waals surface area contributed by atoms with E-state index in [4.69, 9.17) is 4.98 Å². The Morgan fingerprint density at radius 1 is 1.03 bits per heavy atom. The Hall–Kier alpha value is -3.61. The summed E-state index contributed by atoms with van der Waals surface area (Å²) in [5, 5.41) is 0. The van der Waals surface area contributed by atoms with Gasteiger partial charge in [-0.25, -0.2) is 4.79 Å². The van der Waals surface area contributed by atoms with E-state index in [9.17, 15) is 9.59 Å². The third-order valence-corrected chi connectivity index (χ3v) is 6.34. The van der Waals surface area contributed by atoms with E-state index in [1.165, 1.54) is 9.13 Å². The summed E-state index contributed by atoms with van der Waals surface area (Å²) in [7, 11) is 1.69. The molecule has 2 aromatic heterocycles. The Bertz CT molecular complexity index is 1450. The van der Waals surface area contributed by atoms with Gasteiger partial charge in [-0.1, -0.05) is 48.9 Å². The molecule has 0 spiro atoms. The van der Waals surface area contributed by atoms with Crippen LogP contribution in [0.5, 0.6) is 0 Å². The first-order valence-corrected chi connectivity index (χ1v) is 10.9. The fraction of sp³-hybridized carbons (Fsp3) is 0.320. The summed E-state index contributed by atoms with van der Waals surface area (Å²) in [6, 6.07) is 16.2. The van der Waals surface area contributed by atoms with Crippen molar-refractivity contribution in [2.75, 3.05) is 11.4 Å². The molecule has 0 saturated carbocycles. The van der Waals surface area contributed by atoms with Crippen molar-refractivity contribution in [1.82, 2.24) is 18.7 Å². The lowest BCUT2D eigenvalue weighted by Gasteiger charge is -2.32. The molecule has 164 valence electrons. The smallest absolute Gasteiger partial charge is 0.312 e. The van der Waals surface area contributed by atoms with Gasteiger partial charge in [0.2, 0.25) is 5.95 Å². The summed E-state index contributed by atoms with van der Waals surface area (Å²) in [5.74, 6) is 1.03. The fourth-order valence-corrected chi connectivity index (χ4v) is 4.61. The molecular weight excluding hydrogens is 402 g/mol. The minimum absolute atomic E-state index is 0.243. The molecule has 3 heterocycles.